The molecule has 1 heterocycles. The molecular weight excluding hydrogens is 220 g/mol. The monoisotopic (exact) mass is 236 g/mol. The normalized spacial score (nSPS) is 11.2. The van der Waals surface area contributed by atoms with Gasteiger partial charge in [0.1, 0.15) is 0 Å². The molecule has 0 amide bonds. The number of nitrogens with zero attached hydrogens (tertiary/aromatic N) is 1. The minimum Gasteiger partial charge on any atom is -0.348 e. The number of rotatable bonds is 4. The second kappa shape index (κ2) is 4.89. The van der Waals surface area contributed by atoms with Gasteiger partial charge < -0.3 is 9.88 Å². The molecule has 0 unspecified atom stereocenters. The number of benzene rings is 1. The molecule has 2 nitrogen and oxygen atoms in total. The minimum absolute atomic E-state index is 0.841. The van der Waals surface area contributed by atoms with Crippen LogP contribution < -0.4 is 5.32 Å². The molecule has 2 aromatic rings. The Labute approximate surface area is 101 Å². The van der Waals surface area contributed by atoms with Crippen molar-refractivity contribution in [1.82, 2.24) is 9.88 Å². The first-order valence-electron chi connectivity index (χ1n) is 5.61. The molecule has 1 aromatic heterocycles. The number of nitrogens with one attached hydrogen (secondary N) is 1. The largest absolute Gasteiger partial charge is 0.348 e. The summed E-state index contributed by atoms with van der Waals surface area (Å²) >= 11 is 6.18. The van der Waals surface area contributed by atoms with Crippen LogP contribution in [0.15, 0.2) is 24.3 Å². The highest BCUT2D eigenvalue weighted by Crippen LogP contribution is 2.26. The molecule has 1 aromatic carbocycles. The molecule has 0 fully saturated rings. The van der Waals surface area contributed by atoms with Crippen LogP contribution >= 0.6 is 11.6 Å². The van der Waals surface area contributed by atoms with E-state index < -0.39 is 0 Å². The Kier molecular flexibility index (Phi) is 3.52. The van der Waals surface area contributed by atoms with Gasteiger partial charge >= 0.3 is 0 Å². The van der Waals surface area contributed by atoms with Crippen molar-refractivity contribution in [2.45, 2.75) is 12.8 Å². The third-order valence-corrected chi connectivity index (χ3v) is 3.32. The highest BCUT2D eigenvalue weighted by molar-refractivity contribution is 6.35. The standard InChI is InChI=1S/C13H17ClN2/c1-15-8-4-5-10-9-11-12(14)6-3-7-13(11)16(10)2/h3,6-7,9,15H,4-5,8H2,1-2H3. The molecule has 3 heteroatoms. The molecule has 0 aliphatic carbocycles. The summed E-state index contributed by atoms with van der Waals surface area (Å²) in [5.74, 6) is 0. The lowest BCUT2D eigenvalue weighted by molar-refractivity contribution is 0.699. The fourth-order valence-electron chi connectivity index (χ4n) is 2.07. The van der Waals surface area contributed by atoms with Gasteiger partial charge in [-0.1, -0.05) is 17.7 Å². The maximum Gasteiger partial charge on any atom is 0.0499 e. The van der Waals surface area contributed by atoms with E-state index in [1.165, 1.54) is 11.2 Å². The number of hydrogen-bond donors (Lipinski definition) is 1. The Bertz CT molecular complexity index is 488. The molecule has 0 aliphatic rings. The smallest absolute Gasteiger partial charge is 0.0499 e. The summed E-state index contributed by atoms with van der Waals surface area (Å²) in [6.07, 6.45) is 2.24. The highest BCUT2D eigenvalue weighted by atomic mass is 35.5. The SMILES string of the molecule is CNCCCc1cc2c(Cl)cccc2n1C. The van der Waals surface area contributed by atoms with Crippen molar-refractivity contribution in [2.24, 2.45) is 7.05 Å². The topological polar surface area (TPSA) is 17.0 Å². The molecule has 1 N–H and O–H groups in total. The lowest BCUT2D eigenvalue weighted by atomic mass is 10.2. The second-order valence-corrected chi connectivity index (χ2v) is 4.48. The van der Waals surface area contributed by atoms with Crippen LogP contribution in [-0.4, -0.2) is 18.2 Å². The van der Waals surface area contributed by atoms with Crippen molar-refractivity contribution in [1.29, 1.82) is 0 Å². The summed E-state index contributed by atoms with van der Waals surface area (Å²) in [7, 11) is 4.09. The van der Waals surface area contributed by atoms with Crippen LogP contribution in [0.3, 0.4) is 0 Å². The van der Waals surface area contributed by atoms with E-state index in [0.29, 0.717) is 0 Å². The van der Waals surface area contributed by atoms with Gasteiger partial charge in [-0.2, -0.15) is 0 Å². The number of aromatic nitrogens is 1. The highest BCUT2D eigenvalue weighted by Gasteiger charge is 2.07. The Morgan fingerprint density at radius 3 is 2.88 bits per heavy atom. The summed E-state index contributed by atoms with van der Waals surface area (Å²) in [6.45, 7) is 1.05. The Balaban J connectivity index is 2.33. The molecule has 0 spiro atoms. The number of hydrogen-bond acceptors (Lipinski definition) is 1. The van der Waals surface area contributed by atoms with E-state index in [9.17, 15) is 0 Å². The zero-order valence-electron chi connectivity index (χ0n) is 9.76. The first kappa shape index (κ1) is 11.5. The zero-order chi connectivity index (χ0) is 11.5. The fraction of sp³-hybridized carbons (Fsp3) is 0.385. The van der Waals surface area contributed by atoms with E-state index in [-0.39, 0.29) is 0 Å². The molecule has 16 heavy (non-hydrogen) atoms. The molecule has 86 valence electrons. The number of aryl methyl sites for hydroxylation is 2. The minimum atomic E-state index is 0.841. The van der Waals surface area contributed by atoms with Gasteiger partial charge in [0, 0.05) is 28.7 Å². The van der Waals surface area contributed by atoms with Gasteiger partial charge in [0.05, 0.1) is 0 Å². The summed E-state index contributed by atoms with van der Waals surface area (Å²) in [4.78, 5) is 0. The third kappa shape index (κ3) is 2.08. The molecule has 0 saturated heterocycles. The maximum atomic E-state index is 6.18. The molecule has 0 atom stereocenters. The van der Waals surface area contributed by atoms with Crippen LogP contribution in [0.4, 0.5) is 0 Å². The van der Waals surface area contributed by atoms with Crippen molar-refractivity contribution >= 4 is 22.5 Å². The van der Waals surface area contributed by atoms with Gasteiger partial charge in [0.2, 0.25) is 0 Å². The van der Waals surface area contributed by atoms with Gasteiger partial charge in [-0.15, -0.1) is 0 Å². The predicted molar refractivity (Wildman–Crippen MR) is 70.2 cm³/mol. The Morgan fingerprint density at radius 1 is 1.38 bits per heavy atom. The number of fused-ring (bicyclic) bond motifs is 1. The predicted octanol–water partition coefficient (Wildman–Crippen LogP) is 2.98. The van der Waals surface area contributed by atoms with Crippen molar-refractivity contribution in [3.05, 3.63) is 35.0 Å². The zero-order valence-corrected chi connectivity index (χ0v) is 10.5. The van der Waals surface area contributed by atoms with Crippen molar-refractivity contribution in [3.8, 4) is 0 Å². The van der Waals surface area contributed by atoms with Gasteiger partial charge in [-0.3, -0.25) is 0 Å². The summed E-state index contributed by atoms with van der Waals surface area (Å²) in [5, 5.41) is 5.17. The third-order valence-electron chi connectivity index (χ3n) is 2.99. The van der Waals surface area contributed by atoms with E-state index in [4.69, 9.17) is 11.6 Å². The molecule has 0 radical (unpaired) electrons. The molecule has 0 saturated carbocycles. The van der Waals surface area contributed by atoms with E-state index in [1.807, 2.05) is 19.2 Å². The Hall–Kier alpha value is -0.990. The van der Waals surface area contributed by atoms with Crippen molar-refractivity contribution in [3.63, 3.8) is 0 Å². The van der Waals surface area contributed by atoms with Gasteiger partial charge in [0.25, 0.3) is 0 Å². The summed E-state index contributed by atoms with van der Waals surface area (Å²) in [6, 6.07) is 8.26. The van der Waals surface area contributed by atoms with Crippen LogP contribution in [0.2, 0.25) is 5.02 Å². The maximum absolute atomic E-state index is 6.18. The molecule has 0 bridgehead atoms. The quantitative estimate of drug-likeness (QED) is 0.808. The van der Waals surface area contributed by atoms with Gasteiger partial charge in [-0.25, -0.2) is 0 Å². The fourth-order valence-corrected chi connectivity index (χ4v) is 2.29. The van der Waals surface area contributed by atoms with Crippen LogP contribution in [0.25, 0.3) is 10.9 Å². The van der Waals surface area contributed by atoms with Gasteiger partial charge in [0.15, 0.2) is 0 Å². The second-order valence-electron chi connectivity index (χ2n) is 4.07. The van der Waals surface area contributed by atoms with Crippen LogP contribution in [-0.2, 0) is 13.5 Å². The van der Waals surface area contributed by atoms with E-state index in [1.54, 1.807) is 0 Å². The molecular formula is C13H17ClN2. The molecule has 2 rings (SSSR count). The van der Waals surface area contributed by atoms with Gasteiger partial charge in [-0.05, 0) is 44.6 Å². The average molecular weight is 237 g/mol. The first-order valence-corrected chi connectivity index (χ1v) is 5.99. The van der Waals surface area contributed by atoms with Crippen LogP contribution in [0.5, 0.6) is 0 Å². The summed E-state index contributed by atoms with van der Waals surface area (Å²) < 4.78 is 2.23. The van der Waals surface area contributed by atoms with E-state index in [2.05, 4.69) is 29.1 Å². The van der Waals surface area contributed by atoms with Crippen molar-refractivity contribution in [2.75, 3.05) is 13.6 Å². The van der Waals surface area contributed by atoms with E-state index >= 15 is 0 Å². The lowest BCUT2D eigenvalue weighted by Crippen LogP contribution is -2.09. The number of halogens is 1. The van der Waals surface area contributed by atoms with Crippen LogP contribution in [0.1, 0.15) is 12.1 Å². The first-order chi connectivity index (χ1) is 7.74. The average Bonchev–Trinajstić information content (AvgIpc) is 2.59. The van der Waals surface area contributed by atoms with Crippen molar-refractivity contribution < 1.29 is 0 Å². The molecule has 0 aliphatic heterocycles. The summed E-state index contributed by atoms with van der Waals surface area (Å²) in [5.41, 5.74) is 2.56. The Morgan fingerprint density at radius 2 is 2.19 bits per heavy atom. The lowest BCUT2D eigenvalue weighted by Gasteiger charge is -2.03. The van der Waals surface area contributed by atoms with Crippen LogP contribution in [0, 0.1) is 0 Å². The van der Waals surface area contributed by atoms with E-state index in [0.717, 1.165) is 29.8 Å².